The predicted octanol–water partition coefficient (Wildman–Crippen LogP) is 5.55. The van der Waals surface area contributed by atoms with E-state index in [4.69, 9.17) is 5.73 Å². The van der Waals surface area contributed by atoms with Gasteiger partial charge in [-0.25, -0.2) is 4.68 Å². The third-order valence-corrected chi connectivity index (χ3v) is 7.01. The number of pyridine rings is 1. The molecule has 1 atom stereocenters. The number of nitriles is 1. The Hall–Kier alpha value is -3.97. The predicted molar refractivity (Wildman–Crippen MR) is 151 cm³/mol. The number of halogens is 1. The van der Waals surface area contributed by atoms with E-state index in [2.05, 4.69) is 68.7 Å². The number of nitrogens with zero attached hydrogens (tertiary/aromatic N) is 5. The largest absolute Gasteiger partial charge is 0.383 e. The molecular weight excluding hydrogens is 544 g/mol. The van der Waals surface area contributed by atoms with Crippen molar-refractivity contribution in [3.8, 4) is 6.07 Å². The Kier molecular flexibility index (Phi) is 6.80. The molecule has 0 bridgehead atoms. The fraction of sp³-hybridized carbons (Fsp3) is 0.321. The number of hydrogen-bond acceptors (Lipinski definition) is 7. The number of benzene rings is 2. The zero-order valence-corrected chi connectivity index (χ0v) is 23.1. The van der Waals surface area contributed by atoms with Crippen molar-refractivity contribution in [2.45, 2.75) is 45.7 Å². The molecule has 4 aromatic rings. The lowest BCUT2D eigenvalue weighted by molar-refractivity contribution is 0.1000. The number of hydrogen-bond donors (Lipinski definition) is 3. The van der Waals surface area contributed by atoms with Gasteiger partial charge in [-0.2, -0.15) is 5.26 Å². The van der Waals surface area contributed by atoms with Gasteiger partial charge in [-0.1, -0.05) is 38.1 Å². The van der Waals surface area contributed by atoms with Gasteiger partial charge >= 0.3 is 0 Å². The van der Waals surface area contributed by atoms with E-state index >= 15 is 0 Å². The van der Waals surface area contributed by atoms with Crippen LogP contribution in [0.2, 0.25) is 0 Å². The van der Waals surface area contributed by atoms with E-state index < -0.39 is 11.9 Å². The van der Waals surface area contributed by atoms with Crippen LogP contribution in [-0.4, -0.2) is 32.4 Å². The molecule has 2 aromatic carbocycles. The zero-order valence-electron chi connectivity index (χ0n) is 21.5. The fourth-order valence-electron chi connectivity index (χ4n) is 4.28. The third-order valence-electron chi connectivity index (χ3n) is 6.40. The van der Waals surface area contributed by atoms with Gasteiger partial charge in [0.25, 0.3) is 0 Å². The summed E-state index contributed by atoms with van der Waals surface area (Å²) in [6.45, 7) is 7.09. The molecule has 2 aromatic heterocycles. The summed E-state index contributed by atoms with van der Waals surface area (Å²) in [5, 5.41) is 26.5. The zero-order chi connectivity index (χ0) is 27.0. The monoisotopic (exact) mass is 572 g/mol. The molecule has 1 saturated carbocycles. The summed E-state index contributed by atoms with van der Waals surface area (Å²) < 4.78 is 2.68. The molecule has 2 heterocycles. The van der Waals surface area contributed by atoms with Crippen molar-refractivity contribution in [1.29, 1.82) is 5.26 Å². The molecule has 0 saturated heterocycles. The van der Waals surface area contributed by atoms with E-state index in [1.54, 1.807) is 18.3 Å². The highest BCUT2D eigenvalue weighted by Crippen LogP contribution is 2.37. The summed E-state index contributed by atoms with van der Waals surface area (Å²) >= 11 is 3.68. The molecule has 1 amide bonds. The molecule has 5 rings (SSSR count). The van der Waals surface area contributed by atoms with Crippen molar-refractivity contribution >= 4 is 44.1 Å². The minimum Gasteiger partial charge on any atom is -0.383 e. The molecular formula is C28H29BrN8O. The summed E-state index contributed by atoms with van der Waals surface area (Å²) in [5.41, 5.74) is 10.3. The minimum absolute atomic E-state index is 0.0132. The molecule has 194 valence electrons. The van der Waals surface area contributed by atoms with Crippen LogP contribution in [0, 0.1) is 16.7 Å². The number of primary amides is 1. The van der Waals surface area contributed by atoms with Gasteiger partial charge in [0.1, 0.15) is 11.8 Å². The van der Waals surface area contributed by atoms with Crippen LogP contribution in [-0.2, 0) is 0 Å². The number of nitrogens with two attached hydrogens (primary N) is 1. The van der Waals surface area contributed by atoms with Crippen LogP contribution in [0.3, 0.4) is 0 Å². The first-order valence-corrected chi connectivity index (χ1v) is 13.3. The van der Waals surface area contributed by atoms with E-state index in [1.165, 1.54) is 0 Å². The Morgan fingerprint density at radius 3 is 2.76 bits per heavy atom. The number of anilines is 2. The molecule has 0 radical (unpaired) electrons. The van der Waals surface area contributed by atoms with Gasteiger partial charge in [0.05, 0.1) is 35.0 Å². The lowest BCUT2D eigenvalue weighted by Gasteiger charge is -2.22. The van der Waals surface area contributed by atoms with Crippen LogP contribution in [0.25, 0.3) is 10.9 Å². The maximum absolute atomic E-state index is 11.9. The van der Waals surface area contributed by atoms with Crippen molar-refractivity contribution in [3.05, 3.63) is 75.6 Å². The van der Waals surface area contributed by atoms with E-state index in [9.17, 15) is 10.1 Å². The molecule has 10 heteroatoms. The number of rotatable bonds is 8. The van der Waals surface area contributed by atoms with Gasteiger partial charge in [-0.05, 0) is 64.0 Å². The van der Waals surface area contributed by atoms with Crippen LogP contribution >= 0.6 is 15.9 Å². The average Bonchev–Trinajstić information content (AvgIpc) is 3.62. The van der Waals surface area contributed by atoms with E-state index in [-0.39, 0.29) is 5.41 Å². The van der Waals surface area contributed by atoms with E-state index in [1.807, 2.05) is 35.1 Å². The van der Waals surface area contributed by atoms with Crippen molar-refractivity contribution < 1.29 is 4.79 Å². The summed E-state index contributed by atoms with van der Waals surface area (Å²) in [7, 11) is 0. The lowest BCUT2D eigenvalue weighted by Crippen LogP contribution is -2.20. The highest BCUT2D eigenvalue weighted by Gasteiger charge is 2.27. The Balaban J connectivity index is 1.59. The molecule has 1 aliphatic rings. The highest BCUT2D eigenvalue weighted by molar-refractivity contribution is 9.10. The molecule has 0 aliphatic heterocycles. The van der Waals surface area contributed by atoms with Crippen molar-refractivity contribution in [3.63, 3.8) is 0 Å². The van der Waals surface area contributed by atoms with Crippen LogP contribution < -0.4 is 16.4 Å². The summed E-state index contributed by atoms with van der Waals surface area (Å²) in [5.74, 6) is -0.495. The second kappa shape index (κ2) is 10.1. The van der Waals surface area contributed by atoms with Gasteiger partial charge in [0.2, 0.25) is 5.91 Å². The Labute approximate surface area is 229 Å². The topological polar surface area (TPSA) is 135 Å². The van der Waals surface area contributed by atoms with Crippen molar-refractivity contribution in [2.75, 3.05) is 17.2 Å². The average molecular weight is 573 g/mol. The summed E-state index contributed by atoms with van der Waals surface area (Å²) in [4.78, 5) is 16.5. The Morgan fingerprint density at radius 2 is 2.08 bits per heavy atom. The first-order chi connectivity index (χ1) is 18.1. The van der Waals surface area contributed by atoms with Crippen molar-refractivity contribution in [1.82, 2.24) is 20.0 Å². The first kappa shape index (κ1) is 25.7. The molecule has 0 unspecified atom stereocenters. The number of amides is 1. The van der Waals surface area contributed by atoms with E-state index in [0.29, 0.717) is 23.7 Å². The highest BCUT2D eigenvalue weighted by atomic mass is 79.9. The van der Waals surface area contributed by atoms with Crippen LogP contribution in [0.1, 0.15) is 72.9 Å². The SMILES string of the molecule is CC(C)(C)CNc1c(C#N)cnc2c(Br)cc(N[C@@H](c3cccc(C(N)=O)c3)c3cn(C4CC4)nn3)cc12. The smallest absolute Gasteiger partial charge is 0.248 e. The minimum atomic E-state index is -0.495. The first-order valence-electron chi connectivity index (χ1n) is 12.5. The second-order valence-corrected chi connectivity index (χ2v) is 11.7. The molecule has 0 spiro atoms. The lowest BCUT2D eigenvalue weighted by atomic mass is 9.96. The summed E-state index contributed by atoms with van der Waals surface area (Å²) in [6, 6.07) is 13.4. The number of carbonyl (C=O) groups is 1. The third kappa shape index (κ3) is 5.48. The Morgan fingerprint density at radius 1 is 1.29 bits per heavy atom. The van der Waals surface area contributed by atoms with Gasteiger partial charge < -0.3 is 16.4 Å². The quantitative estimate of drug-likeness (QED) is 0.251. The Bertz CT molecular complexity index is 1560. The second-order valence-electron chi connectivity index (χ2n) is 10.8. The number of carbonyl (C=O) groups excluding carboxylic acids is 1. The number of nitrogens with one attached hydrogen (secondary N) is 2. The van der Waals surface area contributed by atoms with Gasteiger partial charge in [-0.15, -0.1) is 5.10 Å². The summed E-state index contributed by atoms with van der Waals surface area (Å²) in [6.07, 6.45) is 5.73. The van der Waals surface area contributed by atoms with Gasteiger partial charge in [0.15, 0.2) is 0 Å². The molecule has 4 N–H and O–H groups in total. The fourth-order valence-corrected chi connectivity index (χ4v) is 4.84. The maximum atomic E-state index is 11.9. The standard InChI is InChI=1S/C28H29BrN8O/c1-28(2,3)15-33-24-18(12-30)13-32-26-21(24)10-19(11-22(26)29)34-25(16-5-4-6-17(9-16)27(31)38)23-14-37(36-35-23)20-7-8-20/h4-6,9-11,13-14,20,25,34H,7-8,15H2,1-3H3,(H2,31,38)(H,32,33)/t25-/m0/s1. The maximum Gasteiger partial charge on any atom is 0.248 e. The van der Waals surface area contributed by atoms with Crippen LogP contribution in [0.5, 0.6) is 0 Å². The molecule has 9 nitrogen and oxygen atoms in total. The van der Waals surface area contributed by atoms with E-state index in [0.717, 1.165) is 50.8 Å². The molecule has 1 aliphatic carbocycles. The molecule has 38 heavy (non-hydrogen) atoms. The van der Waals surface area contributed by atoms with Gasteiger partial charge in [-0.3, -0.25) is 9.78 Å². The van der Waals surface area contributed by atoms with Crippen molar-refractivity contribution in [2.24, 2.45) is 11.1 Å². The molecule has 1 fully saturated rings. The number of fused-ring (bicyclic) bond motifs is 1. The van der Waals surface area contributed by atoms with Crippen LogP contribution in [0.15, 0.2) is 53.3 Å². The van der Waals surface area contributed by atoms with Gasteiger partial charge in [0, 0.05) is 33.9 Å². The normalized spacial score (nSPS) is 14.2. The number of aromatic nitrogens is 4. The van der Waals surface area contributed by atoms with Crippen LogP contribution in [0.4, 0.5) is 11.4 Å².